The maximum atomic E-state index is 12.8. The quantitative estimate of drug-likeness (QED) is 0.506. The van der Waals surface area contributed by atoms with Gasteiger partial charge in [0.2, 0.25) is 0 Å². The number of benzene rings is 1. The second-order valence-corrected chi connectivity index (χ2v) is 7.26. The molecule has 0 spiro atoms. The molecule has 0 aliphatic rings. The van der Waals surface area contributed by atoms with Crippen molar-refractivity contribution in [3.05, 3.63) is 41.2 Å². The average Bonchev–Trinajstić information content (AvgIpc) is 3.28. The summed E-state index contributed by atoms with van der Waals surface area (Å²) < 4.78 is 6.91. The molecule has 0 unspecified atom stereocenters. The van der Waals surface area contributed by atoms with Crippen LogP contribution in [0.1, 0.15) is 23.7 Å². The van der Waals surface area contributed by atoms with Gasteiger partial charge >= 0.3 is 0 Å². The summed E-state index contributed by atoms with van der Waals surface area (Å²) in [5, 5.41) is 9.11. The number of H-pyrrole nitrogens is 1. The number of rotatable bonds is 6. The molecule has 2 N–H and O–H groups in total. The zero-order chi connectivity index (χ0) is 20.5. The Bertz CT molecular complexity index is 1200. The maximum Gasteiger partial charge on any atom is 0.255 e. The van der Waals surface area contributed by atoms with E-state index >= 15 is 0 Å². The van der Waals surface area contributed by atoms with Crippen LogP contribution in [0.25, 0.3) is 33.5 Å². The van der Waals surface area contributed by atoms with Gasteiger partial charge in [0, 0.05) is 30.8 Å². The molecule has 8 nitrogen and oxygen atoms in total. The standard InChI is InChI=1S/C20H21ClN6O2/c1-4-12(10-29-3)24-20(28)14-8-22-19-18(14)25-15(9-23-19)17-13-6-5-11(21)7-16(13)27(2)26-17/h5-9,12H,4,10H2,1-3H3,(H,22,23)(H,24,28)/t12-/m1/s1. The summed E-state index contributed by atoms with van der Waals surface area (Å²) in [5.74, 6) is -0.218. The van der Waals surface area contributed by atoms with E-state index in [0.29, 0.717) is 39.7 Å². The number of hydrogen-bond acceptors (Lipinski definition) is 5. The van der Waals surface area contributed by atoms with E-state index in [0.717, 1.165) is 17.3 Å². The first-order valence-electron chi connectivity index (χ1n) is 9.28. The molecule has 150 valence electrons. The smallest absolute Gasteiger partial charge is 0.255 e. The monoisotopic (exact) mass is 412 g/mol. The number of amides is 1. The maximum absolute atomic E-state index is 12.8. The Morgan fingerprint density at radius 3 is 3.00 bits per heavy atom. The van der Waals surface area contributed by atoms with E-state index in [9.17, 15) is 4.79 Å². The van der Waals surface area contributed by atoms with Crippen LogP contribution in [0.3, 0.4) is 0 Å². The first kappa shape index (κ1) is 19.4. The van der Waals surface area contributed by atoms with E-state index in [1.54, 1.807) is 24.2 Å². The van der Waals surface area contributed by atoms with Crippen LogP contribution < -0.4 is 5.32 Å². The summed E-state index contributed by atoms with van der Waals surface area (Å²) >= 11 is 6.11. The third-order valence-corrected chi connectivity index (χ3v) is 5.11. The summed E-state index contributed by atoms with van der Waals surface area (Å²) in [6, 6.07) is 5.51. The van der Waals surface area contributed by atoms with E-state index in [1.165, 1.54) is 0 Å². The lowest BCUT2D eigenvalue weighted by Gasteiger charge is -2.15. The zero-order valence-corrected chi connectivity index (χ0v) is 17.1. The van der Waals surface area contributed by atoms with Gasteiger partial charge in [-0.3, -0.25) is 9.48 Å². The normalized spacial score (nSPS) is 12.6. The highest BCUT2D eigenvalue weighted by molar-refractivity contribution is 6.31. The molecule has 29 heavy (non-hydrogen) atoms. The van der Waals surface area contributed by atoms with Crippen LogP contribution in [0.2, 0.25) is 5.02 Å². The van der Waals surface area contributed by atoms with Crippen molar-refractivity contribution >= 4 is 39.6 Å². The van der Waals surface area contributed by atoms with Crippen LogP contribution in [0.15, 0.2) is 30.6 Å². The van der Waals surface area contributed by atoms with Crippen molar-refractivity contribution in [2.24, 2.45) is 7.05 Å². The number of aromatic amines is 1. The van der Waals surface area contributed by atoms with Gasteiger partial charge < -0.3 is 15.0 Å². The molecule has 1 amide bonds. The van der Waals surface area contributed by atoms with E-state index < -0.39 is 0 Å². The molecule has 0 saturated heterocycles. The molecule has 3 heterocycles. The third-order valence-electron chi connectivity index (χ3n) is 4.88. The van der Waals surface area contributed by atoms with Gasteiger partial charge in [0.25, 0.3) is 5.91 Å². The number of aryl methyl sites for hydroxylation is 1. The number of aromatic nitrogens is 5. The lowest BCUT2D eigenvalue weighted by Crippen LogP contribution is -2.37. The molecule has 4 aromatic rings. The van der Waals surface area contributed by atoms with Gasteiger partial charge in [0.1, 0.15) is 16.9 Å². The van der Waals surface area contributed by atoms with Crippen LogP contribution in [-0.4, -0.2) is 50.4 Å². The second kappa shape index (κ2) is 7.81. The molecule has 1 aromatic carbocycles. The third kappa shape index (κ3) is 3.56. The Morgan fingerprint density at radius 2 is 2.24 bits per heavy atom. The number of halogens is 1. The number of fused-ring (bicyclic) bond motifs is 2. The van der Waals surface area contributed by atoms with Crippen molar-refractivity contribution in [1.82, 2.24) is 30.0 Å². The highest BCUT2D eigenvalue weighted by Gasteiger charge is 2.19. The van der Waals surface area contributed by atoms with Crippen molar-refractivity contribution in [2.45, 2.75) is 19.4 Å². The fourth-order valence-electron chi connectivity index (χ4n) is 3.32. The average molecular weight is 413 g/mol. The van der Waals surface area contributed by atoms with E-state index in [1.807, 2.05) is 32.2 Å². The topological polar surface area (TPSA) is 97.7 Å². The highest BCUT2D eigenvalue weighted by Crippen LogP contribution is 2.29. The predicted octanol–water partition coefficient (Wildman–Crippen LogP) is 3.32. The Morgan fingerprint density at radius 1 is 1.41 bits per heavy atom. The van der Waals surface area contributed by atoms with Gasteiger partial charge in [0.15, 0.2) is 5.65 Å². The fourth-order valence-corrected chi connectivity index (χ4v) is 3.49. The summed E-state index contributed by atoms with van der Waals surface area (Å²) in [6.07, 6.45) is 4.04. The number of carbonyl (C=O) groups is 1. The van der Waals surface area contributed by atoms with Gasteiger partial charge in [-0.1, -0.05) is 18.5 Å². The van der Waals surface area contributed by atoms with E-state index in [4.69, 9.17) is 21.3 Å². The fraction of sp³-hybridized carbons (Fsp3) is 0.300. The molecule has 0 aliphatic heterocycles. The molecule has 0 bridgehead atoms. The van der Waals surface area contributed by atoms with Crippen molar-refractivity contribution in [2.75, 3.05) is 13.7 Å². The number of nitrogens with one attached hydrogen (secondary N) is 2. The first-order chi connectivity index (χ1) is 14.0. The van der Waals surface area contributed by atoms with Crippen LogP contribution in [0.5, 0.6) is 0 Å². The first-order valence-corrected chi connectivity index (χ1v) is 9.66. The minimum atomic E-state index is -0.218. The van der Waals surface area contributed by atoms with Gasteiger partial charge in [-0.2, -0.15) is 5.10 Å². The van der Waals surface area contributed by atoms with Crippen LogP contribution >= 0.6 is 11.6 Å². The summed E-state index contributed by atoms with van der Waals surface area (Å²) in [4.78, 5) is 24.9. The number of carbonyl (C=O) groups excluding carboxylic acids is 1. The molecular formula is C20H21ClN6O2. The van der Waals surface area contributed by atoms with Gasteiger partial charge in [-0.25, -0.2) is 9.97 Å². The molecule has 0 saturated carbocycles. The Kier molecular flexibility index (Phi) is 5.21. The van der Waals surface area contributed by atoms with Crippen LogP contribution in [-0.2, 0) is 11.8 Å². The molecule has 4 rings (SSSR count). The second-order valence-electron chi connectivity index (χ2n) is 6.82. The van der Waals surface area contributed by atoms with Crippen LogP contribution in [0.4, 0.5) is 0 Å². The highest BCUT2D eigenvalue weighted by atomic mass is 35.5. The molecule has 3 aromatic heterocycles. The number of methoxy groups -OCH3 is 1. The SMILES string of the molecule is CC[C@H](COC)NC(=O)c1c[nH]c2ncc(-c3nn(C)c4cc(Cl)ccc34)nc12. The lowest BCUT2D eigenvalue weighted by atomic mass is 10.1. The molecule has 0 fully saturated rings. The van der Waals surface area contributed by atoms with Crippen LogP contribution in [0, 0.1) is 0 Å². The van der Waals surface area contributed by atoms with Crippen molar-refractivity contribution in [1.29, 1.82) is 0 Å². The number of hydrogen-bond donors (Lipinski definition) is 2. The minimum absolute atomic E-state index is 0.0712. The zero-order valence-electron chi connectivity index (χ0n) is 16.4. The number of ether oxygens (including phenoxy) is 1. The van der Waals surface area contributed by atoms with E-state index in [2.05, 4.69) is 20.4 Å². The summed E-state index contributed by atoms with van der Waals surface area (Å²) in [5.41, 5.74) is 3.65. The Balaban J connectivity index is 1.75. The largest absolute Gasteiger partial charge is 0.383 e. The summed E-state index contributed by atoms with van der Waals surface area (Å²) in [6.45, 7) is 2.44. The van der Waals surface area contributed by atoms with Gasteiger partial charge in [-0.15, -0.1) is 0 Å². The van der Waals surface area contributed by atoms with Gasteiger partial charge in [-0.05, 0) is 24.6 Å². The molecular weight excluding hydrogens is 392 g/mol. The molecule has 9 heteroatoms. The van der Waals surface area contributed by atoms with Crippen molar-refractivity contribution in [3.8, 4) is 11.4 Å². The molecule has 0 radical (unpaired) electrons. The molecule has 1 atom stereocenters. The Labute approximate surface area is 172 Å². The predicted molar refractivity (Wildman–Crippen MR) is 112 cm³/mol. The molecule has 0 aliphatic carbocycles. The Hall–Kier alpha value is -2.97. The van der Waals surface area contributed by atoms with Crippen molar-refractivity contribution in [3.63, 3.8) is 0 Å². The van der Waals surface area contributed by atoms with Gasteiger partial charge in [0.05, 0.1) is 29.9 Å². The summed E-state index contributed by atoms with van der Waals surface area (Å²) in [7, 11) is 3.46. The lowest BCUT2D eigenvalue weighted by molar-refractivity contribution is 0.0896. The minimum Gasteiger partial charge on any atom is -0.383 e. The van der Waals surface area contributed by atoms with E-state index in [-0.39, 0.29) is 11.9 Å². The number of nitrogens with zero attached hydrogens (tertiary/aromatic N) is 4. The van der Waals surface area contributed by atoms with Crippen molar-refractivity contribution < 1.29 is 9.53 Å².